The molecule has 0 saturated carbocycles. The number of carbonyl (C=O) groups is 1. The lowest BCUT2D eigenvalue weighted by atomic mass is 9.97. The van der Waals surface area contributed by atoms with Crippen molar-refractivity contribution in [3.05, 3.63) is 105 Å². The molecule has 0 aliphatic rings. The van der Waals surface area contributed by atoms with Crippen LogP contribution < -0.4 is 0 Å². The zero-order chi connectivity index (χ0) is 18.5. The highest BCUT2D eigenvalue weighted by molar-refractivity contribution is 8.04. The van der Waals surface area contributed by atoms with Crippen LogP contribution in [0.2, 0.25) is 10.0 Å². The predicted octanol–water partition coefficient (Wildman–Crippen LogP) is 6.63. The molecule has 5 heteroatoms. The first-order valence-electron chi connectivity index (χ1n) is 7.77. The van der Waals surface area contributed by atoms with Gasteiger partial charge in [-0.05, 0) is 29.3 Å². The molecular formula is C21H14Cl2O2S. The standard InChI is InChI=1S/C21H14Cl2O2S/c22-16-11-12-18(17(23)13-16)26-20(21(24)25)19(14-7-3-1-4-8-14)15-9-5-2-6-10-15/h1-13H,(H,24,25). The van der Waals surface area contributed by atoms with Crippen LogP contribution in [-0.2, 0) is 4.79 Å². The highest BCUT2D eigenvalue weighted by atomic mass is 35.5. The van der Waals surface area contributed by atoms with Gasteiger partial charge in [0.1, 0.15) is 4.91 Å². The van der Waals surface area contributed by atoms with Crippen molar-refractivity contribution in [2.24, 2.45) is 0 Å². The lowest BCUT2D eigenvalue weighted by molar-refractivity contribution is -0.131. The number of halogens is 2. The summed E-state index contributed by atoms with van der Waals surface area (Å²) in [5, 5.41) is 10.8. The summed E-state index contributed by atoms with van der Waals surface area (Å²) in [5.74, 6) is -1.01. The molecule has 26 heavy (non-hydrogen) atoms. The van der Waals surface area contributed by atoms with Crippen LogP contribution in [0.5, 0.6) is 0 Å². The SMILES string of the molecule is O=C(O)C(Sc1ccc(Cl)cc1Cl)=C(c1ccccc1)c1ccccc1. The molecule has 3 aromatic carbocycles. The fourth-order valence-electron chi connectivity index (χ4n) is 2.51. The Hall–Kier alpha value is -2.20. The average molecular weight is 401 g/mol. The number of thioether (sulfide) groups is 1. The Balaban J connectivity index is 2.20. The van der Waals surface area contributed by atoms with Crippen LogP contribution in [0.25, 0.3) is 5.57 Å². The first-order valence-corrected chi connectivity index (χ1v) is 9.35. The van der Waals surface area contributed by atoms with Gasteiger partial charge in [-0.3, -0.25) is 0 Å². The zero-order valence-corrected chi connectivity index (χ0v) is 15.9. The molecule has 2 nitrogen and oxygen atoms in total. The van der Waals surface area contributed by atoms with E-state index in [9.17, 15) is 9.90 Å². The smallest absolute Gasteiger partial charge is 0.343 e. The van der Waals surface area contributed by atoms with Gasteiger partial charge in [0.05, 0.1) is 5.02 Å². The highest BCUT2D eigenvalue weighted by Gasteiger charge is 2.20. The number of hydrogen-bond acceptors (Lipinski definition) is 2. The molecule has 0 aliphatic heterocycles. The maximum absolute atomic E-state index is 12.1. The molecule has 0 saturated heterocycles. The van der Waals surface area contributed by atoms with E-state index in [1.807, 2.05) is 60.7 Å². The van der Waals surface area contributed by atoms with E-state index in [0.717, 1.165) is 22.9 Å². The number of carboxylic acids is 1. The summed E-state index contributed by atoms with van der Waals surface area (Å²) in [5.41, 5.74) is 2.30. The van der Waals surface area contributed by atoms with Crippen LogP contribution in [0.4, 0.5) is 0 Å². The highest BCUT2D eigenvalue weighted by Crippen LogP contribution is 2.40. The van der Waals surface area contributed by atoms with E-state index >= 15 is 0 Å². The van der Waals surface area contributed by atoms with Crippen LogP contribution in [0.1, 0.15) is 11.1 Å². The van der Waals surface area contributed by atoms with E-state index in [4.69, 9.17) is 23.2 Å². The summed E-state index contributed by atoms with van der Waals surface area (Å²) in [4.78, 5) is 13.0. The van der Waals surface area contributed by atoms with Gasteiger partial charge in [-0.2, -0.15) is 0 Å². The van der Waals surface area contributed by atoms with Crippen LogP contribution in [0.15, 0.2) is 88.7 Å². The van der Waals surface area contributed by atoms with E-state index in [-0.39, 0.29) is 4.91 Å². The van der Waals surface area contributed by atoms with E-state index < -0.39 is 5.97 Å². The molecule has 0 aliphatic carbocycles. The Bertz CT molecular complexity index is 913. The van der Waals surface area contributed by atoms with Crippen LogP contribution in [-0.4, -0.2) is 11.1 Å². The molecule has 0 heterocycles. The molecule has 0 radical (unpaired) electrons. The van der Waals surface area contributed by atoms with Crippen LogP contribution >= 0.6 is 35.0 Å². The molecule has 1 N–H and O–H groups in total. The minimum Gasteiger partial charge on any atom is -0.477 e. The summed E-state index contributed by atoms with van der Waals surface area (Å²) in [6.07, 6.45) is 0. The maximum Gasteiger partial charge on any atom is 0.343 e. The Morgan fingerprint density at radius 3 is 1.81 bits per heavy atom. The van der Waals surface area contributed by atoms with E-state index in [1.54, 1.807) is 18.2 Å². The monoisotopic (exact) mass is 400 g/mol. The fraction of sp³-hybridized carbons (Fsp3) is 0. The molecular weight excluding hydrogens is 387 g/mol. The Labute approximate surface area is 166 Å². The second-order valence-corrected chi connectivity index (χ2v) is 7.31. The molecule has 0 fully saturated rings. The zero-order valence-electron chi connectivity index (χ0n) is 13.5. The minimum absolute atomic E-state index is 0.201. The Kier molecular flexibility index (Phi) is 6.04. The third-order valence-electron chi connectivity index (χ3n) is 3.65. The third kappa shape index (κ3) is 4.31. The van der Waals surface area contributed by atoms with Gasteiger partial charge in [-0.1, -0.05) is 95.6 Å². The van der Waals surface area contributed by atoms with Gasteiger partial charge in [0.15, 0.2) is 0 Å². The molecule has 3 aromatic rings. The summed E-state index contributed by atoms with van der Waals surface area (Å²) in [6, 6.07) is 24.0. The quantitative estimate of drug-likeness (QED) is 0.385. The summed E-state index contributed by atoms with van der Waals surface area (Å²) in [7, 11) is 0. The van der Waals surface area contributed by atoms with Crippen molar-refractivity contribution in [1.82, 2.24) is 0 Å². The van der Waals surface area contributed by atoms with Crippen LogP contribution in [0.3, 0.4) is 0 Å². The number of aliphatic carboxylic acids is 1. The fourth-order valence-corrected chi connectivity index (χ4v) is 3.97. The molecule has 0 spiro atoms. The number of hydrogen-bond donors (Lipinski definition) is 1. The molecule has 3 rings (SSSR count). The largest absolute Gasteiger partial charge is 0.477 e. The van der Waals surface area contributed by atoms with Crippen molar-refractivity contribution in [3.63, 3.8) is 0 Å². The van der Waals surface area contributed by atoms with Gasteiger partial charge in [-0.25, -0.2) is 4.79 Å². The molecule has 0 bridgehead atoms. The van der Waals surface area contributed by atoms with Crippen molar-refractivity contribution < 1.29 is 9.90 Å². The summed E-state index contributed by atoms with van der Waals surface area (Å²) >= 11 is 13.3. The maximum atomic E-state index is 12.1. The van der Waals surface area contributed by atoms with Crippen molar-refractivity contribution >= 4 is 46.5 Å². The van der Waals surface area contributed by atoms with E-state index in [1.165, 1.54) is 0 Å². The van der Waals surface area contributed by atoms with Crippen molar-refractivity contribution in [1.29, 1.82) is 0 Å². The van der Waals surface area contributed by atoms with Gasteiger partial charge >= 0.3 is 5.97 Å². The molecule has 0 amide bonds. The Morgan fingerprint density at radius 1 is 0.808 bits per heavy atom. The lowest BCUT2D eigenvalue weighted by Gasteiger charge is -2.14. The molecule has 0 atom stereocenters. The number of benzene rings is 3. The second kappa shape index (κ2) is 8.45. The predicted molar refractivity (Wildman–Crippen MR) is 109 cm³/mol. The topological polar surface area (TPSA) is 37.3 Å². The average Bonchev–Trinajstić information content (AvgIpc) is 2.64. The first kappa shape index (κ1) is 18.6. The van der Waals surface area contributed by atoms with Crippen LogP contribution in [0, 0.1) is 0 Å². The van der Waals surface area contributed by atoms with E-state index in [2.05, 4.69) is 0 Å². The van der Waals surface area contributed by atoms with Crippen molar-refractivity contribution in [2.75, 3.05) is 0 Å². The number of rotatable bonds is 5. The van der Waals surface area contributed by atoms with Gasteiger partial charge in [-0.15, -0.1) is 0 Å². The Morgan fingerprint density at radius 2 is 1.35 bits per heavy atom. The molecule has 130 valence electrons. The van der Waals surface area contributed by atoms with Gasteiger partial charge in [0, 0.05) is 15.5 Å². The summed E-state index contributed by atoms with van der Waals surface area (Å²) in [6.45, 7) is 0. The second-order valence-electron chi connectivity index (χ2n) is 5.42. The van der Waals surface area contributed by atoms with Crippen molar-refractivity contribution in [2.45, 2.75) is 4.90 Å². The minimum atomic E-state index is -1.01. The van der Waals surface area contributed by atoms with Crippen molar-refractivity contribution in [3.8, 4) is 0 Å². The van der Waals surface area contributed by atoms with Gasteiger partial charge in [0.2, 0.25) is 0 Å². The van der Waals surface area contributed by atoms with Gasteiger partial charge < -0.3 is 5.11 Å². The van der Waals surface area contributed by atoms with E-state index in [0.29, 0.717) is 20.5 Å². The normalized spacial score (nSPS) is 10.4. The third-order valence-corrected chi connectivity index (χ3v) is 5.47. The molecule has 0 aromatic heterocycles. The first-order chi connectivity index (χ1) is 12.6. The van der Waals surface area contributed by atoms with Gasteiger partial charge in [0.25, 0.3) is 0 Å². The number of carboxylic acid groups (broad SMARTS) is 1. The molecule has 0 unspecified atom stereocenters. The lowest BCUT2D eigenvalue weighted by Crippen LogP contribution is -2.03. The summed E-state index contributed by atoms with van der Waals surface area (Å²) < 4.78 is 0.